The van der Waals surface area contributed by atoms with Crippen LogP contribution < -0.4 is 16.2 Å². The van der Waals surface area contributed by atoms with Crippen molar-refractivity contribution in [1.82, 2.24) is 4.57 Å². The van der Waals surface area contributed by atoms with Crippen LogP contribution in [0.15, 0.2) is 152 Å². The minimum absolute atomic E-state index is 0.387. The fourth-order valence-corrected chi connectivity index (χ4v) is 7.31. The Bertz CT molecular complexity index is 2900. The van der Waals surface area contributed by atoms with Gasteiger partial charge >= 0.3 is 11.3 Å². The third-order valence-electron chi connectivity index (χ3n) is 9.85. The molecule has 50 heavy (non-hydrogen) atoms. The van der Waals surface area contributed by atoms with Crippen LogP contribution in [0.25, 0.3) is 82.5 Å². The van der Waals surface area contributed by atoms with E-state index in [1.54, 1.807) is 0 Å². The number of hydrogen-bond acceptors (Lipinski definition) is 5. The zero-order chi connectivity index (χ0) is 33.9. The Morgan fingerprint density at radius 1 is 0.520 bits per heavy atom. The van der Waals surface area contributed by atoms with Crippen LogP contribution >= 0.6 is 0 Å². The van der Waals surface area contributed by atoms with Gasteiger partial charge in [0.2, 0.25) is 0 Å². The number of hydrogen-bond donors (Lipinski definition) is 0. The molecule has 0 aliphatic rings. The van der Waals surface area contributed by atoms with E-state index in [0.29, 0.717) is 22.3 Å². The second kappa shape index (κ2) is 11.6. The van der Waals surface area contributed by atoms with Crippen molar-refractivity contribution in [2.75, 3.05) is 18.0 Å². The van der Waals surface area contributed by atoms with Gasteiger partial charge in [0.25, 0.3) is 0 Å². The van der Waals surface area contributed by atoms with Crippen LogP contribution in [-0.4, -0.2) is 17.7 Å². The van der Waals surface area contributed by atoms with Crippen molar-refractivity contribution in [3.63, 3.8) is 0 Å². The molecule has 242 valence electrons. The lowest BCUT2D eigenvalue weighted by atomic mass is 10.00. The molecule has 3 aromatic heterocycles. The summed E-state index contributed by atoms with van der Waals surface area (Å²) in [5.74, 6) is 0. The van der Waals surface area contributed by atoms with E-state index in [2.05, 4.69) is 77.9 Å². The lowest BCUT2D eigenvalue weighted by Crippen LogP contribution is -2.21. The number of anilines is 1. The maximum atomic E-state index is 13.5. The van der Waals surface area contributed by atoms with Crippen molar-refractivity contribution in [2.24, 2.45) is 0 Å². The minimum Gasteiger partial charge on any atom is -0.422 e. The summed E-state index contributed by atoms with van der Waals surface area (Å²) in [6.07, 6.45) is 0. The summed E-state index contributed by atoms with van der Waals surface area (Å²) in [6.45, 7) is 5.95. The van der Waals surface area contributed by atoms with Crippen LogP contribution in [0.2, 0.25) is 0 Å². The maximum Gasteiger partial charge on any atom is 0.344 e. The summed E-state index contributed by atoms with van der Waals surface area (Å²) < 4.78 is 14.0. The van der Waals surface area contributed by atoms with Gasteiger partial charge in [-0.1, -0.05) is 54.6 Å². The largest absolute Gasteiger partial charge is 0.422 e. The molecular weight excluding hydrogens is 620 g/mol. The first-order valence-corrected chi connectivity index (χ1v) is 16.9. The first kappa shape index (κ1) is 29.7. The number of rotatable bonds is 6. The average Bonchev–Trinajstić information content (AvgIpc) is 3.47. The Morgan fingerprint density at radius 3 is 1.70 bits per heavy atom. The molecule has 9 aromatic rings. The first-order chi connectivity index (χ1) is 24.5. The second-order valence-corrected chi connectivity index (χ2v) is 12.7. The van der Waals surface area contributed by atoms with E-state index in [1.807, 2.05) is 78.9 Å². The molecule has 0 spiro atoms. The minimum atomic E-state index is -0.391. The molecule has 0 aliphatic heterocycles. The third-order valence-corrected chi connectivity index (χ3v) is 9.85. The Balaban J connectivity index is 1.24. The smallest absolute Gasteiger partial charge is 0.344 e. The highest BCUT2D eigenvalue weighted by Gasteiger charge is 2.18. The van der Waals surface area contributed by atoms with Gasteiger partial charge in [0.15, 0.2) is 0 Å². The Labute approximate surface area is 287 Å². The Morgan fingerprint density at radius 2 is 1.08 bits per heavy atom. The van der Waals surface area contributed by atoms with Crippen molar-refractivity contribution in [3.8, 4) is 27.9 Å². The number of para-hydroxylation sites is 1. The molecule has 0 N–H and O–H groups in total. The second-order valence-electron chi connectivity index (χ2n) is 12.7. The zero-order valence-corrected chi connectivity index (χ0v) is 27.6. The summed E-state index contributed by atoms with van der Waals surface area (Å²) in [4.78, 5) is 29.2. The van der Waals surface area contributed by atoms with Gasteiger partial charge in [-0.25, -0.2) is 9.59 Å². The summed E-state index contributed by atoms with van der Waals surface area (Å²) in [5.41, 5.74) is 6.86. The summed E-state index contributed by atoms with van der Waals surface area (Å²) in [5, 5.41) is 5.73. The van der Waals surface area contributed by atoms with Crippen molar-refractivity contribution in [1.29, 1.82) is 0 Å². The average molecular weight is 653 g/mol. The van der Waals surface area contributed by atoms with Gasteiger partial charge in [-0.3, -0.25) is 0 Å². The van der Waals surface area contributed by atoms with E-state index in [1.165, 1.54) is 0 Å². The molecular formula is C44H32N2O4. The fourth-order valence-electron chi connectivity index (χ4n) is 7.31. The van der Waals surface area contributed by atoms with E-state index < -0.39 is 5.63 Å². The Hall–Kier alpha value is -6.40. The zero-order valence-electron chi connectivity index (χ0n) is 27.6. The number of benzene rings is 6. The van der Waals surface area contributed by atoms with Crippen molar-refractivity contribution >= 4 is 60.2 Å². The summed E-state index contributed by atoms with van der Waals surface area (Å²) >= 11 is 0. The van der Waals surface area contributed by atoms with Gasteiger partial charge in [-0.15, -0.1) is 0 Å². The van der Waals surface area contributed by atoms with Crippen LogP contribution in [0.1, 0.15) is 13.8 Å². The number of aromatic nitrogens is 1. The molecule has 0 saturated carbocycles. The van der Waals surface area contributed by atoms with E-state index in [-0.39, 0.29) is 5.63 Å². The molecule has 3 heterocycles. The van der Waals surface area contributed by atoms with Crippen LogP contribution in [0.3, 0.4) is 0 Å². The maximum absolute atomic E-state index is 13.5. The van der Waals surface area contributed by atoms with Gasteiger partial charge in [0, 0.05) is 52.1 Å². The highest BCUT2D eigenvalue weighted by Crippen LogP contribution is 2.37. The molecule has 0 bridgehead atoms. The SMILES string of the molecule is CCN(CC)c1ccc2cc(-c3ccc4c(c3)c3cc(-c5cc6cc7ccccc7cc6oc5=O)ccc3n4-c3ccccc3)c(=O)oc2c1. The van der Waals surface area contributed by atoms with Gasteiger partial charge < -0.3 is 18.3 Å². The van der Waals surface area contributed by atoms with Crippen molar-refractivity contribution in [2.45, 2.75) is 13.8 Å². The molecule has 6 heteroatoms. The molecule has 0 atom stereocenters. The van der Waals surface area contributed by atoms with E-state index in [4.69, 9.17) is 8.83 Å². The van der Waals surface area contributed by atoms with Gasteiger partial charge in [-0.2, -0.15) is 0 Å². The molecule has 0 fully saturated rings. The molecule has 0 aliphatic carbocycles. The molecule has 0 unspecified atom stereocenters. The first-order valence-electron chi connectivity index (χ1n) is 16.9. The molecule has 0 saturated heterocycles. The summed E-state index contributed by atoms with van der Waals surface area (Å²) in [6, 6.07) is 44.3. The topological polar surface area (TPSA) is 68.6 Å². The fraction of sp³-hybridized carbons (Fsp3) is 0.0909. The predicted octanol–water partition coefficient (Wildman–Crippen LogP) is 10.3. The van der Waals surface area contributed by atoms with Crippen molar-refractivity contribution < 1.29 is 8.83 Å². The summed E-state index contributed by atoms with van der Waals surface area (Å²) in [7, 11) is 0. The monoisotopic (exact) mass is 652 g/mol. The lowest BCUT2D eigenvalue weighted by molar-refractivity contribution is 0.563. The molecule has 0 amide bonds. The van der Waals surface area contributed by atoms with E-state index in [0.717, 1.165) is 78.9 Å². The Kier molecular flexibility index (Phi) is 6.92. The van der Waals surface area contributed by atoms with Crippen LogP contribution in [0.4, 0.5) is 5.69 Å². The van der Waals surface area contributed by atoms with E-state index >= 15 is 0 Å². The number of fused-ring (bicyclic) bond motifs is 6. The normalized spacial score (nSPS) is 11.7. The van der Waals surface area contributed by atoms with Crippen molar-refractivity contribution in [3.05, 3.63) is 154 Å². The highest BCUT2D eigenvalue weighted by atomic mass is 16.4. The van der Waals surface area contributed by atoms with Gasteiger partial charge in [0.1, 0.15) is 11.2 Å². The van der Waals surface area contributed by atoms with Gasteiger partial charge in [-0.05, 0) is 109 Å². The highest BCUT2D eigenvalue weighted by molar-refractivity contribution is 6.12. The van der Waals surface area contributed by atoms with Gasteiger partial charge in [0.05, 0.1) is 22.2 Å². The quantitative estimate of drug-likeness (QED) is 0.132. The molecule has 6 nitrogen and oxygen atoms in total. The van der Waals surface area contributed by atoms with Crippen LogP contribution in [0.5, 0.6) is 0 Å². The van der Waals surface area contributed by atoms with Crippen LogP contribution in [0, 0.1) is 0 Å². The van der Waals surface area contributed by atoms with E-state index in [9.17, 15) is 9.59 Å². The standard InChI is InChI=1S/C44H32N2O4/c1-3-45(4-2)34-17-14-31-23-35(43(47)50-42(31)26-34)29-15-18-39-37(21-29)38-22-30(16-19-40(38)46(39)33-12-6-5-7-13-33)36-24-32-20-27-10-8-9-11-28(27)25-41(32)49-44(36)48/h5-26H,3-4H2,1-2H3. The van der Waals surface area contributed by atoms with Crippen LogP contribution in [-0.2, 0) is 0 Å². The molecule has 9 rings (SSSR count). The lowest BCUT2D eigenvalue weighted by Gasteiger charge is -2.21. The number of nitrogens with zero attached hydrogens (tertiary/aromatic N) is 2. The third kappa shape index (κ3) is 4.79. The predicted molar refractivity (Wildman–Crippen MR) is 205 cm³/mol. The molecule has 0 radical (unpaired) electrons. The molecule has 6 aromatic carbocycles.